The van der Waals surface area contributed by atoms with Crippen molar-refractivity contribution in [1.29, 1.82) is 0 Å². The Labute approximate surface area is 155 Å². The van der Waals surface area contributed by atoms with Crippen molar-refractivity contribution >= 4 is 11.9 Å². The molecular formula is C19H28N4O3. The molecule has 3 rings (SSSR count). The Bertz CT molecular complexity index is 596. The average molecular weight is 360 g/mol. The van der Waals surface area contributed by atoms with E-state index in [0.29, 0.717) is 59.0 Å². The smallest absolute Gasteiger partial charge is 0.320 e. The molecule has 2 saturated heterocycles. The summed E-state index contributed by atoms with van der Waals surface area (Å²) >= 11 is 0. The number of hydrogen-bond donors (Lipinski definition) is 0. The van der Waals surface area contributed by atoms with Crippen LogP contribution in [0, 0.1) is 0 Å². The number of hydrogen-bond acceptors (Lipinski definition) is 4. The van der Waals surface area contributed by atoms with Crippen LogP contribution in [0.25, 0.3) is 0 Å². The third-order valence-electron chi connectivity index (χ3n) is 4.88. The molecule has 1 aromatic carbocycles. The van der Waals surface area contributed by atoms with Crippen LogP contribution in [0.15, 0.2) is 30.3 Å². The zero-order chi connectivity index (χ0) is 18.4. The lowest BCUT2D eigenvalue weighted by Crippen LogP contribution is -2.56. The molecule has 0 radical (unpaired) electrons. The first-order valence-electron chi connectivity index (χ1n) is 9.25. The molecule has 26 heavy (non-hydrogen) atoms. The summed E-state index contributed by atoms with van der Waals surface area (Å²) in [7, 11) is 1.96. The van der Waals surface area contributed by atoms with E-state index in [9.17, 15) is 9.59 Å². The van der Waals surface area contributed by atoms with E-state index < -0.39 is 0 Å². The summed E-state index contributed by atoms with van der Waals surface area (Å²) in [5, 5.41) is 0. The predicted molar refractivity (Wildman–Crippen MR) is 98.7 cm³/mol. The van der Waals surface area contributed by atoms with Crippen LogP contribution in [0.2, 0.25) is 0 Å². The highest BCUT2D eigenvalue weighted by Gasteiger charge is 2.28. The Kier molecular flexibility index (Phi) is 6.46. The minimum atomic E-state index is 0.0709. The lowest BCUT2D eigenvalue weighted by Gasteiger charge is -2.38. The van der Waals surface area contributed by atoms with E-state index in [1.54, 1.807) is 0 Å². The summed E-state index contributed by atoms with van der Waals surface area (Å²) in [6, 6.07) is 10.2. The van der Waals surface area contributed by atoms with Crippen LogP contribution in [0.1, 0.15) is 5.56 Å². The van der Waals surface area contributed by atoms with E-state index in [1.165, 1.54) is 5.56 Å². The number of morpholine rings is 1. The summed E-state index contributed by atoms with van der Waals surface area (Å²) < 4.78 is 5.30. The molecule has 0 spiro atoms. The minimum absolute atomic E-state index is 0.0709. The molecule has 2 heterocycles. The van der Waals surface area contributed by atoms with Gasteiger partial charge in [0.1, 0.15) is 0 Å². The maximum atomic E-state index is 12.5. The predicted octanol–water partition coefficient (Wildman–Crippen LogP) is 0.715. The Hall–Kier alpha value is -2.12. The van der Waals surface area contributed by atoms with Crippen molar-refractivity contribution in [3.8, 4) is 0 Å². The van der Waals surface area contributed by atoms with E-state index in [1.807, 2.05) is 44.8 Å². The van der Waals surface area contributed by atoms with Gasteiger partial charge in [0.2, 0.25) is 5.91 Å². The van der Waals surface area contributed by atoms with Crippen LogP contribution in [0.5, 0.6) is 0 Å². The van der Waals surface area contributed by atoms with E-state index in [4.69, 9.17) is 4.74 Å². The van der Waals surface area contributed by atoms with E-state index in [2.05, 4.69) is 12.1 Å². The Morgan fingerprint density at radius 1 is 0.923 bits per heavy atom. The molecule has 7 heteroatoms. The molecule has 0 saturated carbocycles. The summed E-state index contributed by atoms with van der Waals surface area (Å²) in [5.74, 6) is 0.127. The average Bonchev–Trinajstić information content (AvgIpc) is 2.69. The third-order valence-corrected chi connectivity index (χ3v) is 4.88. The summed E-state index contributed by atoms with van der Waals surface area (Å²) in [6.07, 6.45) is 0. The molecule has 0 bridgehead atoms. The number of likely N-dealkylation sites (N-methyl/N-ethyl adjacent to an activating group) is 1. The Balaban J connectivity index is 1.42. The van der Waals surface area contributed by atoms with E-state index in [0.717, 1.165) is 6.54 Å². The van der Waals surface area contributed by atoms with Crippen molar-refractivity contribution in [1.82, 2.24) is 19.6 Å². The van der Waals surface area contributed by atoms with Crippen LogP contribution in [0.3, 0.4) is 0 Å². The number of piperazine rings is 1. The first-order valence-corrected chi connectivity index (χ1v) is 9.25. The van der Waals surface area contributed by atoms with Gasteiger partial charge in [0, 0.05) is 45.8 Å². The van der Waals surface area contributed by atoms with Crippen LogP contribution in [-0.2, 0) is 16.1 Å². The third kappa shape index (κ3) is 4.95. The van der Waals surface area contributed by atoms with Gasteiger partial charge in [0.25, 0.3) is 0 Å². The van der Waals surface area contributed by atoms with Gasteiger partial charge in [-0.05, 0) is 12.6 Å². The van der Waals surface area contributed by atoms with Gasteiger partial charge >= 0.3 is 6.03 Å². The van der Waals surface area contributed by atoms with E-state index >= 15 is 0 Å². The van der Waals surface area contributed by atoms with Gasteiger partial charge < -0.3 is 19.4 Å². The first kappa shape index (κ1) is 18.7. The van der Waals surface area contributed by atoms with Crippen molar-refractivity contribution in [3.05, 3.63) is 35.9 Å². The number of urea groups is 1. The molecule has 0 unspecified atom stereocenters. The summed E-state index contributed by atoms with van der Waals surface area (Å²) in [5.41, 5.74) is 1.20. The normalized spacial score (nSPS) is 18.3. The second-order valence-corrected chi connectivity index (χ2v) is 6.91. The number of nitrogens with zero attached hydrogens (tertiary/aromatic N) is 4. The second kappa shape index (κ2) is 9.00. The summed E-state index contributed by atoms with van der Waals surface area (Å²) in [6.45, 7) is 6.09. The lowest BCUT2D eigenvalue weighted by molar-refractivity contribution is -0.133. The largest absolute Gasteiger partial charge is 0.378 e. The number of carbonyl (C=O) groups is 2. The van der Waals surface area contributed by atoms with Crippen LogP contribution >= 0.6 is 0 Å². The Morgan fingerprint density at radius 3 is 2.15 bits per heavy atom. The van der Waals surface area contributed by atoms with Crippen molar-refractivity contribution < 1.29 is 14.3 Å². The molecule has 142 valence electrons. The highest BCUT2D eigenvalue weighted by molar-refractivity contribution is 5.79. The fraction of sp³-hybridized carbons (Fsp3) is 0.579. The van der Waals surface area contributed by atoms with Gasteiger partial charge in [0.05, 0.1) is 19.8 Å². The van der Waals surface area contributed by atoms with Gasteiger partial charge in [0.15, 0.2) is 0 Å². The molecule has 1 aromatic rings. The van der Waals surface area contributed by atoms with Gasteiger partial charge in [-0.15, -0.1) is 0 Å². The zero-order valence-corrected chi connectivity index (χ0v) is 15.5. The van der Waals surface area contributed by atoms with Crippen LogP contribution in [-0.4, -0.2) is 97.6 Å². The van der Waals surface area contributed by atoms with Crippen molar-refractivity contribution in [2.24, 2.45) is 0 Å². The maximum Gasteiger partial charge on any atom is 0.320 e. The molecule has 2 aliphatic heterocycles. The fourth-order valence-electron chi connectivity index (χ4n) is 3.38. The molecule has 0 atom stereocenters. The minimum Gasteiger partial charge on any atom is -0.378 e. The molecule has 0 aliphatic carbocycles. The van der Waals surface area contributed by atoms with Crippen LogP contribution in [0.4, 0.5) is 4.79 Å². The highest BCUT2D eigenvalue weighted by Crippen LogP contribution is 2.09. The number of benzene rings is 1. The molecular weight excluding hydrogens is 332 g/mol. The monoisotopic (exact) mass is 360 g/mol. The van der Waals surface area contributed by atoms with Gasteiger partial charge in [-0.1, -0.05) is 30.3 Å². The zero-order valence-electron chi connectivity index (χ0n) is 15.5. The van der Waals surface area contributed by atoms with E-state index in [-0.39, 0.29) is 11.9 Å². The van der Waals surface area contributed by atoms with Crippen LogP contribution < -0.4 is 0 Å². The highest BCUT2D eigenvalue weighted by atomic mass is 16.5. The molecule has 2 fully saturated rings. The lowest BCUT2D eigenvalue weighted by atomic mass is 10.2. The maximum absolute atomic E-state index is 12.5. The van der Waals surface area contributed by atoms with Crippen molar-refractivity contribution in [2.75, 3.05) is 66.1 Å². The molecule has 0 aromatic heterocycles. The van der Waals surface area contributed by atoms with Crippen molar-refractivity contribution in [3.63, 3.8) is 0 Å². The number of rotatable bonds is 4. The SMILES string of the molecule is CN(CC(=O)N1CCN(C(=O)N2CCOCC2)CC1)Cc1ccccc1. The molecule has 3 amide bonds. The first-order chi connectivity index (χ1) is 12.6. The Morgan fingerprint density at radius 2 is 1.50 bits per heavy atom. The van der Waals surface area contributed by atoms with Gasteiger partial charge in [-0.3, -0.25) is 9.69 Å². The van der Waals surface area contributed by atoms with Gasteiger partial charge in [-0.2, -0.15) is 0 Å². The second-order valence-electron chi connectivity index (χ2n) is 6.91. The molecule has 2 aliphatic rings. The molecule has 7 nitrogen and oxygen atoms in total. The molecule has 0 N–H and O–H groups in total. The quantitative estimate of drug-likeness (QED) is 0.794. The topological polar surface area (TPSA) is 56.3 Å². The standard InChI is InChI=1S/C19H28N4O3/c1-20(15-17-5-3-2-4-6-17)16-18(24)21-7-9-22(10-8-21)19(25)23-11-13-26-14-12-23/h2-6H,7-16H2,1H3. The summed E-state index contributed by atoms with van der Waals surface area (Å²) in [4.78, 5) is 32.6. The van der Waals surface area contributed by atoms with Crippen molar-refractivity contribution in [2.45, 2.75) is 6.54 Å². The number of carbonyl (C=O) groups excluding carboxylic acids is 2. The number of ether oxygens (including phenoxy) is 1. The fourth-order valence-corrected chi connectivity index (χ4v) is 3.38. The number of amides is 3. The van der Waals surface area contributed by atoms with Gasteiger partial charge in [-0.25, -0.2) is 4.79 Å².